The lowest BCUT2D eigenvalue weighted by Gasteiger charge is -2.16. The Morgan fingerprint density at radius 2 is 2.32 bits per heavy atom. The predicted molar refractivity (Wildman–Crippen MR) is 68.5 cm³/mol. The summed E-state index contributed by atoms with van der Waals surface area (Å²) >= 11 is 0. The number of fused-ring (bicyclic) bond motifs is 1. The molecule has 1 aliphatic heterocycles. The van der Waals surface area contributed by atoms with Gasteiger partial charge in [-0.25, -0.2) is 0 Å². The maximum Gasteiger partial charge on any atom is 0.292 e. The van der Waals surface area contributed by atoms with E-state index >= 15 is 0 Å². The molecule has 0 aliphatic carbocycles. The van der Waals surface area contributed by atoms with Crippen LogP contribution in [0.2, 0.25) is 0 Å². The van der Waals surface area contributed by atoms with Crippen LogP contribution in [0, 0.1) is 0 Å². The second-order valence-corrected chi connectivity index (χ2v) is 4.41. The fraction of sp³-hybridized carbons (Fsp3) is 0.308. The van der Waals surface area contributed by atoms with E-state index in [-0.39, 0.29) is 11.7 Å². The van der Waals surface area contributed by atoms with Gasteiger partial charge in [-0.05, 0) is 36.2 Å². The van der Waals surface area contributed by atoms with E-state index in [0.717, 1.165) is 25.1 Å². The van der Waals surface area contributed by atoms with Gasteiger partial charge in [0.05, 0.1) is 0 Å². The van der Waals surface area contributed by atoms with Crippen molar-refractivity contribution < 1.29 is 9.32 Å². The average molecular weight is 258 g/mol. The lowest BCUT2D eigenvalue weighted by molar-refractivity contribution is 0.0950. The minimum absolute atomic E-state index is 0.0494. The molecule has 0 atom stereocenters. The third-order valence-electron chi connectivity index (χ3n) is 3.20. The van der Waals surface area contributed by atoms with Crippen LogP contribution in [0.15, 0.2) is 22.7 Å². The first-order chi connectivity index (χ1) is 9.28. The van der Waals surface area contributed by atoms with Crippen molar-refractivity contribution in [3.8, 4) is 11.5 Å². The first kappa shape index (κ1) is 11.9. The van der Waals surface area contributed by atoms with Crippen molar-refractivity contribution >= 4 is 5.91 Å². The number of aromatic nitrogens is 2. The van der Waals surface area contributed by atoms with Crippen LogP contribution in [-0.2, 0) is 13.0 Å². The molecule has 2 aromatic rings. The molecule has 1 aromatic carbocycles. The number of rotatable bonds is 2. The maximum absolute atomic E-state index is 11.4. The van der Waals surface area contributed by atoms with Crippen LogP contribution >= 0.6 is 0 Å². The molecule has 0 bridgehead atoms. The van der Waals surface area contributed by atoms with E-state index in [0.29, 0.717) is 5.89 Å². The summed E-state index contributed by atoms with van der Waals surface area (Å²) in [5.74, 6) is 0.0648. The van der Waals surface area contributed by atoms with Crippen molar-refractivity contribution in [2.75, 3.05) is 13.6 Å². The highest BCUT2D eigenvalue weighted by Crippen LogP contribution is 2.23. The van der Waals surface area contributed by atoms with Crippen LogP contribution in [0.1, 0.15) is 21.7 Å². The van der Waals surface area contributed by atoms with Gasteiger partial charge in [0.1, 0.15) is 0 Å². The summed E-state index contributed by atoms with van der Waals surface area (Å²) in [6, 6.07) is 6.06. The Morgan fingerprint density at radius 3 is 3.16 bits per heavy atom. The molecule has 98 valence electrons. The summed E-state index contributed by atoms with van der Waals surface area (Å²) in [6.45, 7) is 1.85. The van der Waals surface area contributed by atoms with Crippen molar-refractivity contribution in [3.63, 3.8) is 0 Å². The molecule has 1 amide bonds. The van der Waals surface area contributed by atoms with E-state index in [1.807, 2.05) is 12.1 Å². The summed E-state index contributed by atoms with van der Waals surface area (Å²) in [4.78, 5) is 15.5. The van der Waals surface area contributed by atoms with Crippen molar-refractivity contribution in [3.05, 3.63) is 35.2 Å². The van der Waals surface area contributed by atoms with Crippen molar-refractivity contribution in [2.45, 2.75) is 13.0 Å². The third kappa shape index (κ3) is 2.22. The number of benzene rings is 1. The highest BCUT2D eigenvalue weighted by molar-refractivity contribution is 5.90. The monoisotopic (exact) mass is 258 g/mol. The number of nitrogens with zero attached hydrogens (tertiary/aromatic N) is 2. The molecule has 6 nitrogen and oxygen atoms in total. The normalized spacial score (nSPS) is 13.9. The maximum atomic E-state index is 11.4. The summed E-state index contributed by atoms with van der Waals surface area (Å²) in [5.41, 5.74) is 3.42. The number of carbonyl (C=O) groups is 1. The summed E-state index contributed by atoms with van der Waals surface area (Å²) in [5, 5.41) is 9.45. The summed E-state index contributed by atoms with van der Waals surface area (Å²) < 4.78 is 5.12. The van der Waals surface area contributed by atoms with Crippen molar-refractivity contribution in [1.29, 1.82) is 0 Å². The van der Waals surface area contributed by atoms with Gasteiger partial charge in [0.15, 0.2) is 0 Å². The van der Waals surface area contributed by atoms with Crippen LogP contribution in [0.5, 0.6) is 0 Å². The van der Waals surface area contributed by atoms with Gasteiger partial charge in [-0.2, -0.15) is 4.98 Å². The third-order valence-corrected chi connectivity index (χ3v) is 3.20. The number of hydrogen-bond donors (Lipinski definition) is 2. The number of hydrogen-bond acceptors (Lipinski definition) is 5. The van der Waals surface area contributed by atoms with Gasteiger partial charge in [0, 0.05) is 19.2 Å². The highest BCUT2D eigenvalue weighted by Gasteiger charge is 2.16. The van der Waals surface area contributed by atoms with E-state index in [1.54, 1.807) is 0 Å². The Morgan fingerprint density at radius 1 is 1.42 bits per heavy atom. The summed E-state index contributed by atoms with van der Waals surface area (Å²) in [7, 11) is 1.53. The van der Waals surface area contributed by atoms with Crippen LogP contribution < -0.4 is 10.6 Å². The lowest BCUT2D eigenvalue weighted by atomic mass is 9.98. The molecular formula is C13H14N4O2. The van der Waals surface area contributed by atoms with Gasteiger partial charge in [-0.3, -0.25) is 4.79 Å². The van der Waals surface area contributed by atoms with Gasteiger partial charge in [-0.1, -0.05) is 11.2 Å². The first-order valence-electron chi connectivity index (χ1n) is 6.16. The van der Waals surface area contributed by atoms with Crippen LogP contribution in [0.25, 0.3) is 11.5 Å². The fourth-order valence-corrected chi connectivity index (χ4v) is 2.16. The zero-order chi connectivity index (χ0) is 13.2. The van der Waals surface area contributed by atoms with Gasteiger partial charge in [-0.15, -0.1) is 0 Å². The molecule has 0 fully saturated rings. The molecule has 1 aliphatic rings. The standard InChI is InChI=1S/C13H14N4O2/c1-14-12(18)11-16-13(19-17-11)9-3-2-8-4-5-15-7-10(8)6-9/h2-3,6,15H,4-5,7H2,1H3,(H,14,18). The van der Waals surface area contributed by atoms with Gasteiger partial charge >= 0.3 is 0 Å². The second-order valence-electron chi connectivity index (χ2n) is 4.41. The van der Waals surface area contributed by atoms with Gasteiger partial charge in [0.25, 0.3) is 17.6 Å². The highest BCUT2D eigenvalue weighted by atomic mass is 16.5. The van der Waals surface area contributed by atoms with Gasteiger partial charge < -0.3 is 15.2 Å². The topological polar surface area (TPSA) is 80.0 Å². The largest absolute Gasteiger partial charge is 0.352 e. The molecule has 19 heavy (non-hydrogen) atoms. The molecule has 0 spiro atoms. The molecule has 2 heterocycles. The van der Waals surface area contributed by atoms with E-state index < -0.39 is 0 Å². The Labute approximate surface area is 110 Å². The zero-order valence-electron chi connectivity index (χ0n) is 10.6. The average Bonchev–Trinajstić information content (AvgIpc) is 2.95. The zero-order valence-corrected chi connectivity index (χ0v) is 10.6. The van der Waals surface area contributed by atoms with Crippen molar-refractivity contribution in [1.82, 2.24) is 20.8 Å². The van der Waals surface area contributed by atoms with E-state index in [4.69, 9.17) is 4.52 Å². The molecule has 0 saturated heterocycles. The smallest absolute Gasteiger partial charge is 0.292 e. The molecule has 0 radical (unpaired) electrons. The molecule has 1 aromatic heterocycles. The number of carbonyl (C=O) groups excluding carboxylic acids is 1. The predicted octanol–water partition coefficient (Wildman–Crippen LogP) is 0.742. The van der Waals surface area contributed by atoms with Crippen LogP contribution in [0.3, 0.4) is 0 Å². The van der Waals surface area contributed by atoms with Crippen LogP contribution in [-0.4, -0.2) is 29.6 Å². The molecule has 0 unspecified atom stereocenters. The number of nitrogens with one attached hydrogen (secondary N) is 2. The first-order valence-corrected chi connectivity index (χ1v) is 6.16. The Balaban J connectivity index is 1.93. The second kappa shape index (κ2) is 4.81. The molecule has 0 saturated carbocycles. The SMILES string of the molecule is CNC(=O)c1noc(-c2ccc3c(c2)CNCC3)n1. The van der Waals surface area contributed by atoms with E-state index in [1.165, 1.54) is 18.2 Å². The lowest BCUT2D eigenvalue weighted by Crippen LogP contribution is -2.23. The fourth-order valence-electron chi connectivity index (χ4n) is 2.16. The van der Waals surface area contributed by atoms with E-state index in [2.05, 4.69) is 26.8 Å². The summed E-state index contributed by atoms with van der Waals surface area (Å²) in [6.07, 6.45) is 1.03. The Hall–Kier alpha value is -2.21. The Kier molecular flexibility index (Phi) is 3.00. The number of amides is 1. The Bertz CT molecular complexity index is 621. The minimum atomic E-state index is -0.352. The van der Waals surface area contributed by atoms with Gasteiger partial charge in [0.2, 0.25) is 0 Å². The molecule has 3 rings (SSSR count). The van der Waals surface area contributed by atoms with Crippen molar-refractivity contribution in [2.24, 2.45) is 0 Å². The molecule has 2 N–H and O–H groups in total. The molecule has 6 heteroatoms. The quantitative estimate of drug-likeness (QED) is 0.830. The van der Waals surface area contributed by atoms with Crippen LogP contribution in [0.4, 0.5) is 0 Å². The minimum Gasteiger partial charge on any atom is -0.352 e. The van der Waals surface area contributed by atoms with E-state index in [9.17, 15) is 4.79 Å². The molecular weight excluding hydrogens is 244 g/mol.